The molecule has 166 valence electrons. The number of piperidine rings is 1. The number of rotatable bonds is 5. The predicted molar refractivity (Wildman–Crippen MR) is 114 cm³/mol. The Bertz CT molecular complexity index is 1060. The monoisotopic (exact) mass is 445 g/mol. The third-order valence-electron chi connectivity index (χ3n) is 5.87. The summed E-state index contributed by atoms with van der Waals surface area (Å²) in [6.07, 6.45) is 2.98. The second kappa shape index (κ2) is 8.84. The molecule has 2 fully saturated rings. The molecule has 9 heteroatoms. The van der Waals surface area contributed by atoms with Crippen LogP contribution >= 0.6 is 0 Å². The molecule has 0 atom stereocenters. The second-order valence-corrected chi connectivity index (χ2v) is 10.0. The van der Waals surface area contributed by atoms with Gasteiger partial charge in [-0.25, -0.2) is 8.42 Å². The van der Waals surface area contributed by atoms with E-state index in [1.54, 1.807) is 42.2 Å². The summed E-state index contributed by atoms with van der Waals surface area (Å²) >= 11 is 0. The molecular weight excluding hydrogens is 418 g/mol. The molecule has 3 heterocycles. The van der Waals surface area contributed by atoms with Crippen LogP contribution in [0, 0.1) is 6.92 Å². The van der Waals surface area contributed by atoms with Gasteiger partial charge in [0.2, 0.25) is 10.0 Å². The number of aryl methyl sites for hydroxylation is 1. The van der Waals surface area contributed by atoms with E-state index in [4.69, 9.17) is 4.42 Å². The van der Waals surface area contributed by atoms with Crippen molar-refractivity contribution in [3.63, 3.8) is 0 Å². The van der Waals surface area contributed by atoms with E-state index < -0.39 is 10.0 Å². The molecule has 0 bridgehead atoms. The maximum Gasteiger partial charge on any atom is 0.287 e. The number of carbonyl (C=O) groups is 2. The molecule has 2 aromatic rings. The smallest absolute Gasteiger partial charge is 0.287 e. The van der Waals surface area contributed by atoms with Gasteiger partial charge in [0.15, 0.2) is 5.76 Å². The summed E-state index contributed by atoms with van der Waals surface area (Å²) in [7, 11) is -3.57. The van der Waals surface area contributed by atoms with Crippen molar-refractivity contribution < 1.29 is 22.4 Å². The van der Waals surface area contributed by atoms with E-state index in [2.05, 4.69) is 5.32 Å². The van der Waals surface area contributed by atoms with E-state index in [0.29, 0.717) is 50.3 Å². The number of furan rings is 1. The van der Waals surface area contributed by atoms with Gasteiger partial charge < -0.3 is 14.6 Å². The lowest BCUT2D eigenvalue weighted by atomic mass is 10.0. The van der Waals surface area contributed by atoms with Crippen LogP contribution in [0.5, 0.6) is 0 Å². The van der Waals surface area contributed by atoms with E-state index in [9.17, 15) is 18.0 Å². The van der Waals surface area contributed by atoms with Gasteiger partial charge in [-0.1, -0.05) is 6.07 Å². The molecule has 31 heavy (non-hydrogen) atoms. The fourth-order valence-corrected chi connectivity index (χ4v) is 5.65. The Morgan fingerprint density at radius 3 is 2.39 bits per heavy atom. The lowest BCUT2D eigenvalue weighted by Crippen LogP contribution is -2.46. The van der Waals surface area contributed by atoms with Gasteiger partial charge in [-0.15, -0.1) is 0 Å². The quantitative estimate of drug-likeness (QED) is 0.762. The largest absolute Gasteiger partial charge is 0.456 e. The Morgan fingerprint density at radius 1 is 1.03 bits per heavy atom. The topological polar surface area (TPSA) is 99.9 Å². The van der Waals surface area contributed by atoms with Crippen molar-refractivity contribution in [2.45, 2.75) is 43.5 Å². The van der Waals surface area contributed by atoms with Crippen molar-refractivity contribution in [1.29, 1.82) is 0 Å². The average Bonchev–Trinajstić information content (AvgIpc) is 3.46. The highest BCUT2D eigenvalue weighted by Gasteiger charge is 2.29. The minimum absolute atomic E-state index is 0.0381. The average molecular weight is 446 g/mol. The van der Waals surface area contributed by atoms with Gasteiger partial charge >= 0.3 is 0 Å². The molecule has 0 aliphatic carbocycles. The Labute approximate surface area is 182 Å². The Hall–Kier alpha value is -2.65. The molecule has 2 aliphatic heterocycles. The maximum absolute atomic E-state index is 13.0. The molecule has 4 rings (SSSR count). The first-order chi connectivity index (χ1) is 14.8. The van der Waals surface area contributed by atoms with Gasteiger partial charge in [-0.2, -0.15) is 4.31 Å². The minimum atomic E-state index is -3.57. The van der Waals surface area contributed by atoms with Crippen LogP contribution < -0.4 is 5.32 Å². The first kappa shape index (κ1) is 21.6. The zero-order chi connectivity index (χ0) is 22.0. The highest BCUT2D eigenvalue weighted by Crippen LogP contribution is 2.23. The number of likely N-dealkylation sites (tertiary alicyclic amines) is 1. The van der Waals surface area contributed by atoms with Crippen molar-refractivity contribution in [2.24, 2.45) is 0 Å². The van der Waals surface area contributed by atoms with Crippen molar-refractivity contribution in [3.05, 3.63) is 53.5 Å². The van der Waals surface area contributed by atoms with Crippen molar-refractivity contribution in [2.75, 3.05) is 26.2 Å². The third kappa shape index (κ3) is 4.67. The lowest BCUT2D eigenvalue weighted by Gasteiger charge is -2.32. The zero-order valence-electron chi connectivity index (χ0n) is 17.5. The van der Waals surface area contributed by atoms with Crippen LogP contribution in [-0.2, 0) is 10.0 Å². The summed E-state index contributed by atoms with van der Waals surface area (Å²) in [6.45, 7) is 3.81. The van der Waals surface area contributed by atoms with E-state index in [0.717, 1.165) is 12.8 Å². The van der Waals surface area contributed by atoms with Gasteiger partial charge in [0.1, 0.15) is 5.76 Å². The molecule has 1 N–H and O–H groups in total. The number of benzene rings is 1. The molecular formula is C22H27N3O5S. The summed E-state index contributed by atoms with van der Waals surface area (Å²) in [6, 6.07) is 9.64. The van der Waals surface area contributed by atoms with Crippen LogP contribution in [0.15, 0.2) is 45.7 Å². The number of sulfonamides is 1. The third-order valence-corrected chi connectivity index (χ3v) is 7.76. The molecule has 0 unspecified atom stereocenters. The van der Waals surface area contributed by atoms with Crippen LogP contribution in [-0.4, -0.2) is 61.7 Å². The second-order valence-electron chi connectivity index (χ2n) is 8.09. The van der Waals surface area contributed by atoms with Gasteiger partial charge in [-0.3, -0.25) is 9.59 Å². The summed E-state index contributed by atoms with van der Waals surface area (Å²) < 4.78 is 32.4. The first-order valence-corrected chi connectivity index (χ1v) is 12.1. The highest BCUT2D eigenvalue weighted by atomic mass is 32.2. The van der Waals surface area contributed by atoms with E-state index in [1.165, 1.54) is 10.4 Å². The van der Waals surface area contributed by atoms with Crippen molar-refractivity contribution in [1.82, 2.24) is 14.5 Å². The number of nitrogens with one attached hydrogen (secondary N) is 1. The summed E-state index contributed by atoms with van der Waals surface area (Å²) in [5.74, 6) is 0.522. The SMILES string of the molecule is Cc1ccc(C(=O)NC2CCN(C(=O)c3cccc(S(=O)(=O)N4CCCC4)c3)CC2)o1. The van der Waals surface area contributed by atoms with E-state index >= 15 is 0 Å². The standard InChI is InChI=1S/C22H27N3O5S/c1-16-7-8-20(30-16)21(26)23-18-9-13-24(14-10-18)22(27)17-5-4-6-19(15-17)31(28,29)25-11-2-3-12-25/h4-8,15,18H,2-3,9-14H2,1H3,(H,23,26). The van der Waals surface area contributed by atoms with Crippen LogP contribution in [0.3, 0.4) is 0 Å². The first-order valence-electron chi connectivity index (χ1n) is 10.6. The molecule has 0 radical (unpaired) electrons. The van der Waals surface area contributed by atoms with Crippen molar-refractivity contribution >= 4 is 21.8 Å². The molecule has 8 nitrogen and oxygen atoms in total. The fraction of sp³-hybridized carbons (Fsp3) is 0.455. The van der Waals surface area contributed by atoms with Gasteiger partial charge in [0, 0.05) is 37.8 Å². The number of carbonyl (C=O) groups excluding carboxylic acids is 2. The Morgan fingerprint density at radius 2 is 1.74 bits per heavy atom. The van der Waals surface area contributed by atoms with Crippen LogP contribution in [0.1, 0.15) is 52.4 Å². The van der Waals surface area contributed by atoms with E-state index in [1.807, 2.05) is 0 Å². The highest BCUT2D eigenvalue weighted by molar-refractivity contribution is 7.89. The number of nitrogens with zero attached hydrogens (tertiary/aromatic N) is 2. The number of hydrogen-bond acceptors (Lipinski definition) is 5. The summed E-state index contributed by atoms with van der Waals surface area (Å²) in [5, 5.41) is 2.95. The predicted octanol–water partition coefficient (Wildman–Crippen LogP) is 2.41. The summed E-state index contributed by atoms with van der Waals surface area (Å²) in [4.78, 5) is 27.1. The van der Waals surface area contributed by atoms with Gasteiger partial charge in [0.25, 0.3) is 11.8 Å². The fourth-order valence-electron chi connectivity index (χ4n) is 4.09. The lowest BCUT2D eigenvalue weighted by molar-refractivity contribution is 0.0695. The Balaban J connectivity index is 1.37. The van der Waals surface area contributed by atoms with Gasteiger partial charge in [-0.05, 0) is 62.9 Å². The Kier molecular flexibility index (Phi) is 6.15. The van der Waals surface area contributed by atoms with E-state index in [-0.39, 0.29) is 28.5 Å². The van der Waals surface area contributed by atoms with Crippen LogP contribution in [0.4, 0.5) is 0 Å². The molecule has 1 aromatic carbocycles. The normalized spacial score (nSPS) is 18.3. The molecule has 1 aromatic heterocycles. The van der Waals surface area contributed by atoms with Crippen molar-refractivity contribution in [3.8, 4) is 0 Å². The zero-order valence-corrected chi connectivity index (χ0v) is 18.4. The molecule has 0 saturated carbocycles. The van der Waals surface area contributed by atoms with Gasteiger partial charge in [0.05, 0.1) is 4.90 Å². The number of amides is 2. The molecule has 2 saturated heterocycles. The van der Waals surface area contributed by atoms with Crippen LogP contribution in [0.2, 0.25) is 0 Å². The molecule has 2 aliphatic rings. The summed E-state index contributed by atoms with van der Waals surface area (Å²) in [5.41, 5.74) is 0.369. The maximum atomic E-state index is 13.0. The molecule has 0 spiro atoms. The van der Waals surface area contributed by atoms with Crippen LogP contribution in [0.25, 0.3) is 0 Å². The number of hydrogen-bond donors (Lipinski definition) is 1. The molecule has 2 amide bonds. The minimum Gasteiger partial charge on any atom is -0.456 e.